The molecule has 1 fully saturated rings. The van der Waals surface area contributed by atoms with Crippen molar-refractivity contribution in [2.24, 2.45) is 0 Å². The molecule has 1 aromatic heterocycles. The van der Waals surface area contributed by atoms with Gasteiger partial charge in [0.2, 0.25) is 10.0 Å². The first-order chi connectivity index (χ1) is 19.8. The zero-order valence-corrected chi connectivity index (χ0v) is 24.1. The van der Waals surface area contributed by atoms with Crippen LogP contribution in [0.5, 0.6) is 11.5 Å². The van der Waals surface area contributed by atoms with Crippen LogP contribution in [-0.4, -0.2) is 73.5 Å². The molecule has 0 unspecified atom stereocenters. The molecule has 42 heavy (non-hydrogen) atoms. The third-order valence-electron chi connectivity index (χ3n) is 6.57. The molecule has 1 aliphatic heterocycles. The number of aromatic hydroxyl groups is 1. The number of nitrogens with one attached hydrogen (secondary N) is 1. The van der Waals surface area contributed by atoms with Gasteiger partial charge in [-0.1, -0.05) is 0 Å². The average molecular weight is 607 g/mol. The Kier molecular flexibility index (Phi) is 9.62. The standard InChI is InChI=1S/C29H33F3N4O5S/c1-20(2)41-27-14-21(13-23(16-27)24-15-26(37)18-33-17-24)19-35-8-10-36(11-9-35)25-5-3-22(4-6-25)28(38)34-42(39,40)12-7-29(30,31)32/h3-6,13-18,20,37H,7-12,19H2,1-2H3,(H,34,38). The monoisotopic (exact) mass is 606 g/mol. The van der Waals surface area contributed by atoms with Gasteiger partial charge in [-0.15, -0.1) is 0 Å². The number of aromatic nitrogens is 1. The summed E-state index contributed by atoms with van der Waals surface area (Å²) in [6.07, 6.45) is -3.10. The molecule has 4 rings (SSSR count). The van der Waals surface area contributed by atoms with Gasteiger partial charge in [0.25, 0.3) is 5.91 Å². The first-order valence-electron chi connectivity index (χ1n) is 13.4. The molecule has 226 valence electrons. The normalized spacial score (nSPS) is 14.7. The second-order valence-electron chi connectivity index (χ2n) is 10.4. The van der Waals surface area contributed by atoms with E-state index in [2.05, 4.69) is 20.9 Å². The molecule has 0 bridgehead atoms. The molecule has 1 saturated heterocycles. The predicted molar refractivity (Wildman–Crippen MR) is 153 cm³/mol. The van der Waals surface area contributed by atoms with Gasteiger partial charge in [-0.2, -0.15) is 13.2 Å². The number of piperazine rings is 1. The van der Waals surface area contributed by atoms with Crippen molar-refractivity contribution in [1.29, 1.82) is 0 Å². The lowest BCUT2D eigenvalue weighted by molar-refractivity contribution is -0.130. The molecule has 0 radical (unpaired) electrons. The van der Waals surface area contributed by atoms with Crippen molar-refractivity contribution in [2.75, 3.05) is 36.8 Å². The van der Waals surface area contributed by atoms with E-state index in [0.717, 1.165) is 41.2 Å². The van der Waals surface area contributed by atoms with Crippen LogP contribution < -0.4 is 14.4 Å². The number of amides is 1. The number of sulfonamides is 1. The quantitative estimate of drug-likeness (QED) is 0.345. The predicted octanol–water partition coefficient (Wildman–Crippen LogP) is 4.58. The third-order valence-corrected chi connectivity index (χ3v) is 7.81. The van der Waals surface area contributed by atoms with Crippen molar-refractivity contribution >= 4 is 21.6 Å². The number of alkyl halides is 3. The second-order valence-corrected chi connectivity index (χ2v) is 12.2. The molecule has 0 spiro atoms. The topological polar surface area (TPSA) is 112 Å². The number of halogens is 3. The maximum absolute atomic E-state index is 12.4. The summed E-state index contributed by atoms with van der Waals surface area (Å²) in [6.45, 7) is 7.55. The molecular weight excluding hydrogens is 573 g/mol. The van der Waals surface area contributed by atoms with Gasteiger partial charge in [-0.25, -0.2) is 13.1 Å². The van der Waals surface area contributed by atoms with Gasteiger partial charge in [-0.3, -0.25) is 14.7 Å². The largest absolute Gasteiger partial charge is 0.506 e. The zero-order chi connectivity index (χ0) is 30.5. The molecule has 0 atom stereocenters. The summed E-state index contributed by atoms with van der Waals surface area (Å²) < 4.78 is 68.4. The number of rotatable bonds is 10. The minimum absolute atomic E-state index is 0.00445. The Morgan fingerprint density at radius 1 is 1.02 bits per heavy atom. The van der Waals surface area contributed by atoms with Crippen molar-refractivity contribution in [3.05, 3.63) is 72.1 Å². The molecular formula is C29H33F3N4O5S. The van der Waals surface area contributed by atoms with Crippen molar-refractivity contribution in [3.63, 3.8) is 0 Å². The summed E-state index contributed by atoms with van der Waals surface area (Å²) in [5.74, 6) is -1.37. The fourth-order valence-electron chi connectivity index (χ4n) is 4.59. The highest BCUT2D eigenvalue weighted by atomic mass is 32.2. The molecule has 1 amide bonds. The second kappa shape index (κ2) is 13.0. The molecule has 1 aliphatic rings. The lowest BCUT2D eigenvalue weighted by Gasteiger charge is -2.36. The minimum atomic E-state index is -4.64. The van der Waals surface area contributed by atoms with Crippen LogP contribution in [0.1, 0.15) is 36.2 Å². The molecule has 0 aliphatic carbocycles. The van der Waals surface area contributed by atoms with Gasteiger partial charge >= 0.3 is 6.18 Å². The molecule has 2 N–H and O–H groups in total. The van der Waals surface area contributed by atoms with Gasteiger partial charge in [0.1, 0.15) is 11.5 Å². The van der Waals surface area contributed by atoms with Gasteiger partial charge in [0.05, 0.1) is 24.5 Å². The van der Waals surface area contributed by atoms with E-state index in [1.807, 2.05) is 26.0 Å². The van der Waals surface area contributed by atoms with E-state index in [4.69, 9.17) is 4.74 Å². The van der Waals surface area contributed by atoms with E-state index < -0.39 is 34.3 Å². The smallest absolute Gasteiger partial charge is 0.390 e. The van der Waals surface area contributed by atoms with Crippen LogP contribution in [0.2, 0.25) is 0 Å². The van der Waals surface area contributed by atoms with Crippen LogP contribution in [0.3, 0.4) is 0 Å². The summed E-state index contributed by atoms with van der Waals surface area (Å²) in [5.41, 5.74) is 3.61. The van der Waals surface area contributed by atoms with Crippen molar-refractivity contribution in [1.82, 2.24) is 14.6 Å². The van der Waals surface area contributed by atoms with E-state index in [1.165, 1.54) is 18.3 Å². The number of benzene rings is 2. The Labute approximate surface area is 243 Å². The van der Waals surface area contributed by atoms with Crippen molar-refractivity contribution in [3.8, 4) is 22.6 Å². The summed E-state index contributed by atoms with van der Waals surface area (Å²) >= 11 is 0. The van der Waals surface area contributed by atoms with Gasteiger partial charge in [0.15, 0.2) is 0 Å². The number of nitrogens with zero attached hydrogens (tertiary/aromatic N) is 3. The fraction of sp³-hybridized carbons (Fsp3) is 0.379. The average Bonchev–Trinajstić information content (AvgIpc) is 2.91. The molecule has 2 heterocycles. The molecule has 9 nitrogen and oxygen atoms in total. The van der Waals surface area contributed by atoms with Crippen molar-refractivity contribution < 1.29 is 36.2 Å². The molecule has 3 aromatic rings. The van der Waals surface area contributed by atoms with Gasteiger partial charge < -0.3 is 14.7 Å². The number of anilines is 1. The van der Waals surface area contributed by atoms with E-state index in [-0.39, 0.29) is 17.4 Å². The Balaban J connectivity index is 1.36. The van der Waals surface area contributed by atoms with Crippen LogP contribution in [0, 0.1) is 0 Å². The van der Waals surface area contributed by atoms with Gasteiger partial charge in [0, 0.05) is 55.7 Å². The van der Waals surface area contributed by atoms with E-state index >= 15 is 0 Å². The number of carbonyl (C=O) groups is 1. The van der Waals surface area contributed by atoms with E-state index in [9.17, 15) is 31.5 Å². The number of pyridine rings is 1. The first-order valence-corrected chi connectivity index (χ1v) is 15.1. The van der Waals surface area contributed by atoms with Crippen LogP contribution in [0.15, 0.2) is 60.9 Å². The number of carbonyl (C=O) groups excluding carboxylic acids is 1. The SMILES string of the molecule is CC(C)Oc1cc(CN2CCN(c3ccc(C(=O)NS(=O)(=O)CCC(F)(F)F)cc3)CC2)cc(-c2cncc(O)c2)c1. The minimum Gasteiger partial charge on any atom is -0.506 e. The molecule has 0 saturated carbocycles. The Bertz CT molecular complexity index is 1490. The lowest BCUT2D eigenvalue weighted by atomic mass is 10.0. The first kappa shape index (κ1) is 31.1. The summed E-state index contributed by atoms with van der Waals surface area (Å²) in [6, 6.07) is 13.9. The fourth-order valence-corrected chi connectivity index (χ4v) is 5.59. The Hall–Kier alpha value is -3.84. The van der Waals surface area contributed by atoms with Crippen molar-refractivity contribution in [2.45, 2.75) is 39.1 Å². The van der Waals surface area contributed by atoms with E-state index in [1.54, 1.807) is 29.1 Å². The maximum atomic E-state index is 12.4. The summed E-state index contributed by atoms with van der Waals surface area (Å²) in [4.78, 5) is 20.8. The lowest BCUT2D eigenvalue weighted by Crippen LogP contribution is -2.46. The van der Waals surface area contributed by atoms with E-state index in [0.29, 0.717) is 19.6 Å². The van der Waals surface area contributed by atoms with Crippen LogP contribution in [-0.2, 0) is 16.6 Å². The summed E-state index contributed by atoms with van der Waals surface area (Å²) in [5, 5.41) is 9.88. The van der Waals surface area contributed by atoms with Gasteiger partial charge in [-0.05, 0) is 73.5 Å². The van der Waals surface area contributed by atoms with Crippen LogP contribution >= 0.6 is 0 Å². The Morgan fingerprint density at radius 2 is 1.71 bits per heavy atom. The number of hydrogen-bond donors (Lipinski definition) is 2. The van der Waals surface area contributed by atoms with Crippen LogP contribution in [0.25, 0.3) is 11.1 Å². The highest BCUT2D eigenvalue weighted by Crippen LogP contribution is 2.29. The molecule has 13 heteroatoms. The number of hydrogen-bond acceptors (Lipinski definition) is 8. The zero-order valence-electron chi connectivity index (χ0n) is 23.3. The molecule has 2 aromatic carbocycles. The van der Waals surface area contributed by atoms with Crippen LogP contribution in [0.4, 0.5) is 18.9 Å². The maximum Gasteiger partial charge on any atom is 0.390 e. The Morgan fingerprint density at radius 3 is 2.33 bits per heavy atom. The highest BCUT2D eigenvalue weighted by Gasteiger charge is 2.30. The number of ether oxygens (including phenoxy) is 1. The third kappa shape index (κ3) is 9.08. The highest BCUT2D eigenvalue weighted by molar-refractivity contribution is 7.90. The summed E-state index contributed by atoms with van der Waals surface area (Å²) in [7, 11) is -4.41.